The van der Waals surface area contributed by atoms with Gasteiger partial charge >= 0.3 is 12.1 Å². The molecule has 0 saturated carbocycles. The summed E-state index contributed by atoms with van der Waals surface area (Å²) in [7, 11) is 1.33. The lowest BCUT2D eigenvalue weighted by molar-refractivity contribution is 0.0572. The zero-order valence-corrected chi connectivity index (χ0v) is 12.3. The molecule has 0 radical (unpaired) electrons. The third kappa shape index (κ3) is 2.95. The maximum absolute atomic E-state index is 12.2. The second-order valence-corrected chi connectivity index (χ2v) is 5.77. The minimum Gasteiger partial charge on any atom is -0.464 e. The predicted octanol–water partition coefficient (Wildman–Crippen LogP) is 2.49. The fourth-order valence-electron chi connectivity index (χ4n) is 2.18. The number of esters is 1. The first-order valence-corrected chi connectivity index (χ1v) is 6.62. The van der Waals surface area contributed by atoms with E-state index < -0.39 is 17.7 Å². The Hall–Kier alpha value is -1.98. The summed E-state index contributed by atoms with van der Waals surface area (Å²) in [5.41, 5.74) is 1.37. The summed E-state index contributed by atoms with van der Waals surface area (Å²) in [5, 5.41) is 0. The van der Waals surface area contributed by atoms with Crippen LogP contribution in [0.3, 0.4) is 0 Å². The van der Waals surface area contributed by atoms with E-state index in [1.165, 1.54) is 7.11 Å². The van der Waals surface area contributed by atoms with E-state index in [9.17, 15) is 9.59 Å². The standard InChI is InChI=1S/C14H20N2O4/c1-14(2,3)20-13(18)16-7-5-6-9-11(16)8-10(15-9)12(17)19-4/h8,15H,5-7H2,1-4H3. The highest BCUT2D eigenvalue weighted by Crippen LogP contribution is 2.29. The van der Waals surface area contributed by atoms with E-state index >= 15 is 0 Å². The van der Waals surface area contributed by atoms with E-state index in [0.717, 1.165) is 18.5 Å². The fraction of sp³-hybridized carbons (Fsp3) is 0.571. The predicted molar refractivity (Wildman–Crippen MR) is 74.0 cm³/mol. The molecule has 1 aliphatic heterocycles. The fourth-order valence-corrected chi connectivity index (χ4v) is 2.18. The zero-order valence-electron chi connectivity index (χ0n) is 12.3. The number of methoxy groups -OCH3 is 1. The summed E-state index contributed by atoms with van der Waals surface area (Å²) in [4.78, 5) is 28.3. The van der Waals surface area contributed by atoms with Gasteiger partial charge < -0.3 is 14.5 Å². The largest absolute Gasteiger partial charge is 0.464 e. The van der Waals surface area contributed by atoms with Crippen molar-refractivity contribution in [1.82, 2.24) is 4.98 Å². The summed E-state index contributed by atoms with van der Waals surface area (Å²) >= 11 is 0. The Bertz CT molecular complexity index is 528. The first-order valence-electron chi connectivity index (χ1n) is 6.62. The molecule has 1 amide bonds. The van der Waals surface area contributed by atoms with Crippen LogP contribution >= 0.6 is 0 Å². The molecule has 0 aromatic carbocycles. The molecule has 0 fully saturated rings. The van der Waals surface area contributed by atoms with Gasteiger partial charge in [0.15, 0.2) is 0 Å². The molecular formula is C14H20N2O4. The number of aromatic nitrogens is 1. The molecule has 0 saturated heterocycles. The number of nitrogens with zero attached hydrogens (tertiary/aromatic N) is 1. The van der Waals surface area contributed by atoms with E-state index in [1.807, 2.05) is 20.8 Å². The Balaban J connectivity index is 2.26. The SMILES string of the molecule is COC(=O)c1cc2c([nH]1)CCCN2C(=O)OC(C)(C)C. The lowest BCUT2D eigenvalue weighted by atomic mass is 10.1. The number of amides is 1. The van der Waals surface area contributed by atoms with Gasteiger partial charge in [0.1, 0.15) is 11.3 Å². The molecule has 20 heavy (non-hydrogen) atoms. The van der Waals surface area contributed by atoms with Crippen LogP contribution in [0.5, 0.6) is 0 Å². The summed E-state index contributed by atoms with van der Waals surface area (Å²) < 4.78 is 10.1. The number of ether oxygens (including phenoxy) is 2. The van der Waals surface area contributed by atoms with Crippen molar-refractivity contribution in [3.63, 3.8) is 0 Å². The van der Waals surface area contributed by atoms with Crippen LogP contribution in [0, 0.1) is 0 Å². The maximum Gasteiger partial charge on any atom is 0.414 e. The highest BCUT2D eigenvalue weighted by Gasteiger charge is 2.29. The molecule has 0 spiro atoms. The van der Waals surface area contributed by atoms with Gasteiger partial charge in [-0.2, -0.15) is 0 Å². The minimum atomic E-state index is -0.545. The van der Waals surface area contributed by atoms with Crippen LogP contribution in [0.2, 0.25) is 0 Å². The topological polar surface area (TPSA) is 71.6 Å². The number of carbonyl (C=O) groups excluding carboxylic acids is 2. The van der Waals surface area contributed by atoms with Gasteiger partial charge in [0, 0.05) is 12.2 Å². The number of aromatic amines is 1. The summed E-state index contributed by atoms with van der Waals surface area (Å²) in [6.45, 7) is 6.06. The van der Waals surface area contributed by atoms with Crippen LogP contribution in [0.25, 0.3) is 0 Å². The summed E-state index contributed by atoms with van der Waals surface area (Å²) in [6.07, 6.45) is 1.23. The van der Waals surface area contributed by atoms with Gasteiger partial charge in [-0.1, -0.05) is 0 Å². The molecule has 6 nitrogen and oxygen atoms in total. The van der Waals surface area contributed by atoms with Crippen molar-refractivity contribution < 1.29 is 19.1 Å². The number of nitrogens with one attached hydrogen (secondary N) is 1. The Morgan fingerprint density at radius 2 is 2.05 bits per heavy atom. The van der Waals surface area contributed by atoms with E-state index in [1.54, 1.807) is 11.0 Å². The smallest absolute Gasteiger partial charge is 0.414 e. The average molecular weight is 280 g/mol. The molecule has 0 unspecified atom stereocenters. The number of aryl methyl sites for hydroxylation is 1. The molecule has 0 atom stereocenters. The van der Waals surface area contributed by atoms with Crippen molar-refractivity contribution >= 4 is 17.7 Å². The molecule has 110 valence electrons. The number of H-pyrrole nitrogens is 1. The molecule has 1 aliphatic rings. The first kappa shape index (κ1) is 14.4. The van der Waals surface area contributed by atoms with Crippen LogP contribution in [0.1, 0.15) is 43.4 Å². The third-order valence-electron chi connectivity index (χ3n) is 2.99. The lowest BCUT2D eigenvalue weighted by Crippen LogP contribution is -2.39. The van der Waals surface area contributed by atoms with Crippen molar-refractivity contribution in [1.29, 1.82) is 0 Å². The highest BCUT2D eigenvalue weighted by atomic mass is 16.6. The van der Waals surface area contributed by atoms with Crippen LogP contribution in [-0.4, -0.2) is 36.3 Å². The van der Waals surface area contributed by atoms with Crippen molar-refractivity contribution in [2.75, 3.05) is 18.6 Å². The number of hydrogen-bond donors (Lipinski definition) is 1. The first-order chi connectivity index (χ1) is 9.31. The average Bonchev–Trinajstić information content (AvgIpc) is 2.79. The van der Waals surface area contributed by atoms with Gasteiger partial charge in [-0.3, -0.25) is 4.90 Å². The van der Waals surface area contributed by atoms with Gasteiger partial charge in [-0.15, -0.1) is 0 Å². The Morgan fingerprint density at radius 3 is 2.65 bits per heavy atom. The van der Waals surface area contributed by atoms with Crippen LogP contribution in [-0.2, 0) is 15.9 Å². The Kier molecular flexibility index (Phi) is 3.74. The Morgan fingerprint density at radius 1 is 1.35 bits per heavy atom. The molecule has 1 aromatic heterocycles. The summed E-state index contributed by atoms with van der Waals surface area (Å²) in [5.74, 6) is -0.441. The van der Waals surface area contributed by atoms with E-state index in [2.05, 4.69) is 9.72 Å². The van der Waals surface area contributed by atoms with Crippen LogP contribution < -0.4 is 4.90 Å². The quantitative estimate of drug-likeness (QED) is 0.802. The maximum atomic E-state index is 12.2. The number of anilines is 1. The zero-order chi connectivity index (χ0) is 14.9. The van der Waals surface area contributed by atoms with Gasteiger partial charge in [0.05, 0.1) is 12.8 Å². The molecule has 1 aromatic rings. The van der Waals surface area contributed by atoms with Gasteiger partial charge in [-0.25, -0.2) is 9.59 Å². The number of hydrogen-bond acceptors (Lipinski definition) is 4. The number of carbonyl (C=O) groups is 2. The van der Waals surface area contributed by atoms with Crippen molar-refractivity contribution in [2.24, 2.45) is 0 Å². The number of rotatable bonds is 1. The molecule has 1 N–H and O–H groups in total. The van der Waals surface area contributed by atoms with E-state index in [4.69, 9.17) is 4.74 Å². The second kappa shape index (κ2) is 5.19. The van der Waals surface area contributed by atoms with Crippen molar-refractivity contribution in [2.45, 2.75) is 39.2 Å². The molecule has 6 heteroatoms. The molecule has 2 rings (SSSR count). The molecule has 0 bridgehead atoms. The van der Waals surface area contributed by atoms with Gasteiger partial charge in [0.2, 0.25) is 0 Å². The number of fused-ring (bicyclic) bond motifs is 1. The monoisotopic (exact) mass is 280 g/mol. The molecular weight excluding hydrogens is 260 g/mol. The van der Waals surface area contributed by atoms with Crippen LogP contribution in [0.4, 0.5) is 10.5 Å². The van der Waals surface area contributed by atoms with Gasteiger partial charge in [0.25, 0.3) is 0 Å². The molecule has 0 aliphatic carbocycles. The lowest BCUT2D eigenvalue weighted by Gasteiger charge is -2.29. The minimum absolute atomic E-state index is 0.355. The van der Waals surface area contributed by atoms with E-state index in [0.29, 0.717) is 17.9 Å². The van der Waals surface area contributed by atoms with Crippen molar-refractivity contribution in [3.05, 3.63) is 17.5 Å². The van der Waals surface area contributed by atoms with Gasteiger partial charge in [-0.05, 0) is 39.7 Å². The summed E-state index contributed by atoms with van der Waals surface area (Å²) in [6, 6.07) is 1.64. The van der Waals surface area contributed by atoms with E-state index in [-0.39, 0.29) is 0 Å². The highest BCUT2D eigenvalue weighted by molar-refractivity contribution is 5.94. The third-order valence-corrected chi connectivity index (χ3v) is 2.99. The molecule has 2 heterocycles. The van der Waals surface area contributed by atoms with Crippen molar-refractivity contribution in [3.8, 4) is 0 Å². The van der Waals surface area contributed by atoms with Crippen LogP contribution in [0.15, 0.2) is 6.07 Å². The second-order valence-electron chi connectivity index (χ2n) is 5.77. The Labute approximate surface area is 118 Å². The normalized spacial score (nSPS) is 14.7.